The molecule has 0 radical (unpaired) electrons. The second kappa shape index (κ2) is 10.4. The number of thiazole rings is 1. The topological polar surface area (TPSA) is 117 Å². The summed E-state index contributed by atoms with van der Waals surface area (Å²) < 4.78 is 57.6. The van der Waals surface area contributed by atoms with Gasteiger partial charge in [0.1, 0.15) is 0 Å². The molecule has 0 atom stereocenters. The van der Waals surface area contributed by atoms with Gasteiger partial charge in [-0.05, 0) is 31.2 Å². The molecule has 0 aliphatic heterocycles. The van der Waals surface area contributed by atoms with Crippen molar-refractivity contribution >= 4 is 34.0 Å². The fourth-order valence-electron chi connectivity index (χ4n) is 3.40. The van der Waals surface area contributed by atoms with E-state index in [2.05, 4.69) is 20.4 Å². The Labute approximate surface area is 212 Å². The van der Waals surface area contributed by atoms with Gasteiger partial charge in [0, 0.05) is 17.0 Å². The normalized spacial score (nSPS) is 11.4. The molecule has 0 bridgehead atoms. The second-order valence-corrected chi connectivity index (χ2v) is 8.33. The Morgan fingerprint density at radius 2 is 1.84 bits per heavy atom. The van der Waals surface area contributed by atoms with Crippen molar-refractivity contribution in [3.63, 3.8) is 0 Å². The van der Waals surface area contributed by atoms with E-state index in [1.165, 1.54) is 20.3 Å². The van der Waals surface area contributed by atoms with Gasteiger partial charge in [0.15, 0.2) is 33.7 Å². The minimum absolute atomic E-state index is 0.00355. The van der Waals surface area contributed by atoms with E-state index in [1.54, 1.807) is 24.4 Å². The Kier molecular flexibility index (Phi) is 7.29. The standard InChI is InChI=1S/C23H20F3N5O5S/c1-4-36-20(32)8-13-11-37-22(27-13)29-21(33)15-10-19-28-14(9-18(23(24,25)26)31(19)30-15)12-5-6-16(34-2)17(7-12)35-3/h5-7,9-11H,4,8H2,1-3H3,(H,27,29,33). The number of benzene rings is 1. The molecule has 3 heterocycles. The minimum Gasteiger partial charge on any atom is -0.493 e. The van der Waals surface area contributed by atoms with Crippen LogP contribution in [0.15, 0.2) is 35.7 Å². The number of anilines is 1. The highest BCUT2D eigenvalue weighted by atomic mass is 32.1. The van der Waals surface area contributed by atoms with E-state index in [9.17, 15) is 22.8 Å². The number of nitrogens with one attached hydrogen (secondary N) is 1. The van der Waals surface area contributed by atoms with E-state index in [0.29, 0.717) is 27.3 Å². The maximum atomic E-state index is 13.9. The van der Waals surface area contributed by atoms with Gasteiger partial charge in [-0.1, -0.05) is 0 Å². The number of amides is 1. The Morgan fingerprint density at radius 1 is 1.08 bits per heavy atom. The van der Waals surface area contributed by atoms with Crippen molar-refractivity contribution in [2.24, 2.45) is 0 Å². The van der Waals surface area contributed by atoms with E-state index in [-0.39, 0.29) is 35.2 Å². The summed E-state index contributed by atoms with van der Waals surface area (Å²) in [6.07, 6.45) is -4.87. The molecule has 0 unspecified atom stereocenters. The maximum Gasteiger partial charge on any atom is 0.433 e. The van der Waals surface area contributed by atoms with Crippen molar-refractivity contribution in [1.82, 2.24) is 19.6 Å². The molecule has 3 aromatic heterocycles. The van der Waals surface area contributed by atoms with Crippen molar-refractivity contribution in [2.45, 2.75) is 19.5 Å². The number of hydrogen-bond acceptors (Lipinski definition) is 9. The highest BCUT2D eigenvalue weighted by molar-refractivity contribution is 7.14. The molecule has 0 saturated carbocycles. The molecule has 0 fully saturated rings. The van der Waals surface area contributed by atoms with Crippen LogP contribution >= 0.6 is 11.3 Å². The number of hydrogen-bond donors (Lipinski definition) is 1. The van der Waals surface area contributed by atoms with Gasteiger partial charge >= 0.3 is 12.1 Å². The highest BCUT2D eigenvalue weighted by Crippen LogP contribution is 2.35. The lowest BCUT2D eigenvalue weighted by Gasteiger charge is -2.12. The zero-order valence-electron chi connectivity index (χ0n) is 19.8. The van der Waals surface area contributed by atoms with Crippen LogP contribution in [-0.4, -0.2) is 52.3 Å². The van der Waals surface area contributed by atoms with Crippen LogP contribution in [0.4, 0.5) is 18.3 Å². The number of esters is 1. The third-order valence-electron chi connectivity index (χ3n) is 5.03. The van der Waals surface area contributed by atoms with Crippen molar-refractivity contribution in [1.29, 1.82) is 0 Å². The number of carbonyl (C=O) groups is 2. The molecule has 194 valence electrons. The summed E-state index contributed by atoms with van der Waals surface area (Å²) in [6, 6.07) is 6.57. The van der Waals surface area contributed by atoms with Crippen LogP contribution in [-0.2, 0) is 22.1 Å². The molecule has 14 heteroatoms. The van der Waals surface area contributed by atoms with Crippen molar-refractivity contribution < 1.29 is 37.0 Å². The third kappa shape index (κ3) is 5.63. The molecule has 4 rings (SSSR count). The molecule has 1 aromatic carbocycles. The third-order valence-corrected chi connectivity index (χ3v) is 5.84. The number of nitrogens with zero attached hydrogens (tertiary/aromatic N) is 4. The Hall–Kier alpha value is -4.20. The molecule has 0 aliphatic rings. The number of methoxy groups -OCH3 is 2. The van der Waals surface area contributed by atoms with Crippen LogP contribution in [0, 0.1) is 0 Å². The monoisotopic (exact) mass is 535 g/mol. The Bertz CT molecular complexity index is 1470. The van der Waals surface area contributed by atoms with Crippen LogP contribution in [0.2, 0.25) is 0 Å². The fraction of sp³-hybridized carbons (Fsp3) is 0.261. The van der Waals surface area contributed by atoms with E-state index in [0.717, 1.165) is 23.5 Å². The molecule has 10 nitrogen and oxygen atoms in total. The summed E-state index contributed by atoms with van der Waals surface area (Å²) in [7, 11) is 2.85. The van der Waals surface area contributed by atoms with Gasteiger partial charge in [0.05, 0.1) is 38.6 Å². The van der Waals surface area contributed by atoms with Gasteiger partial charge in [0.25, 0.3) is 5.91 Å². The SMILES string of the molecule is CCOC(=O)Cc1csc(NC(=O)c2cc3nc(-c4ccc(OC)c(OC)c4)cc(C(F)(F)F)n3n2)n1. The van der Waals surface area contributed by atoms with Crippen LogP contribution < -0.4 is 14.8 Å². The zero-order valence-corrected chi connectivity index (χ0v) is 20.6. The maximum absolute atomic E-state index is 13.9. The average Bonchev–Trinajstić information content (AvgIpc) is 3.49. The van der Waals surface area contributed by atoms with Gasteiger partial charge in [-0.15, -0.1) is 11.3 Å². The van der Waals surface area contributed by atoms with Gasteiger partial charge in [-0.3, -0.25) is 14.9 Å². The predicted molar refractivity (Wildman–Crippen MR) is 127 cm³/mol. The van der Waals surface area contributed by atoms with Gasteiger partial charge < -0.3 is 14.2 Å². The first-order valence-corrected chi connectivity index (χ1v) is 11.6. The van der Waals surface area contributed by atoms with E-state index in [4.69, 9.17) is 14.2 Å². The van der Waals surface area contributed by atoms with E-state index >= 15 is 0 Å². The second-order valence-electron chi connectivity index (χ2n) is 7.47. The molecule has 1 N–H and O–H groups in total. The first-order valence-electron chi connectivity index (χ1n) is 10.7. The zero-order chi connectivity index (χ0) is 26.7. The quantitative estimate of drug-likeness (QED) is 0.333. The van der Waals surface area contributed by atoms with Gasteiger partial charge in [0.2, 0.25) is 0 Å². The van der Waals surface area contributed by atoms with E-state index < -0.39 is 23.7 Å². The summed E-state index contributed by atoms with van der Waals surface area (Å²) >= 11 is 1.05. The van der Waals surface area contributed by atoms with Crippen molar-refractivity contribution in [3.05, 3.63) is 52.8 Å². The summed E-state index contributed by atoms with van der Waals surface area (Å²) in [5.41, 5.74) is -0.885. The fourth-order valence-corrected chi connectivity index (χ4v) is 4.10. The average molecular weight is 536 g/mol. The molecule has 1 amide bonds. The largest absolute Gasteiger partial charge is 0.493 e. The summed E-state index contributed by atoms with van der Waals surface area (Å²) in [6.45, 7) is 1.90. The number of alkyl halides is 3. The smallest absolute Gasteiger partial charge is 0.433 e. The Morgan fingerprint density at radius 3 is 2.51 bits per heavy atom. The molecule has 0 spiro atoms. The lowest BCUT2D eigenvalue weighted by molar-refractivity contribution is -0.143. The molecular weight excluding hydrogens is 515 g/mol. The molecule has 4 aromatic rings. The first kappa shape index (κ1) is 25.9. The van der Waals surface area contributed by atoms with Crippen molar-refractivity contribution in [3.8, 4) is 22.8 Å². The molecule has 37 heavy (non-hydrogen) atoms. The first-order chi connectivity index (χ1) is 17.6. The number of ether oxygens (including phenoxy) is 3. The Balaban J connectivity index is 1.66. The number of aromatic nitrogens is 4. The predicted octanol–water partition coefficient (Wildman–Crippen LogP) is 4.25. The highest BCUT2D eigenvalue weighted by Gasteiger charge is 2.36. The van der Waals surface area contributed by atoms with Crippen LogP contribution in [0.5, 0.6) is 11.5 Å². The lowest BCUT2D eigenvalue weighted by Crippen LogP contribution is -2.16. The van der Waals surface area contributed by atoms with Gasteiger partial charge in [-0.2, -0.15) is 18.3 Å². The van der Waals surface area contributed by atoms with Crippen LogP contribution in [0.3, 0.4) is 0 Å². The lowest BCUT2D eigenvalue weighted by atomic mass is 10.1. The van der Waals surface area contributed by atoms with Crippen LogP contribution in [0.1, 0.15) is 28.8 Å². The summed E-state index contributed by atoms with van der Waals surface area (Å²) in [5, 5.41) is 8.02. The van der Waals surface area contributed by atoms with Crippen LogP contribution in [0.25, 0.3) is 16.9 Å². The number of rotatable bonds is 8. The number of halogens is 3. The summed E-state index contributed by atoms with van der Waals surface area (Å²) in [4.78, 5) is 32.7. The minimum atomic E-state index is -4.79. The summed E-state index contributed by atoms with van der Waals surface area (Å²) in [5.74, 6) is -0.542. The molecular formula is C23H20F3N5O5S. The van der Waals surface area contributed by atoms with Crippen molar-refractivity contribution in [2.75, 3.05) is 26.1 Å². The molecule has 0 saturated heterocycles. The van der Waals surface area contributed by atoms with Gasteiger partial charge in [-0.25, -0.2) is 14.5 Å². The number of fused-ring (bicyclic) bond motifs is 1. The van der Waals surface area contributed by atoms with E-state index in [1.807, 2.05) is 0 Å². The number of carbonyl (C=O) groups excluding carboxylic acids is 2. The molecule has 0 aliphatic carbocycles.